The first-order valence-corrected chi connectivity index (χ1v) is 5.22. The van der Waals surface area contributed by atoms with Gasteiger partial charge in [0, 0.05) is 6.20 Å². The minimum Gasteiger partial charge on any atom is -0.386 e. The zero-order valence-electron chi connectivity index (χ0n) is 8.78. The van der Waals surface area contributed by atoms with E-state index in [1.54, 1.807) is 17.2 Å². The van der Waals surface area contributed by atoms with E-state index >= 15 is 0 Å². The Morgan fingerprint density at radius 3 is 2.93 bits per heavy atom. The molecule has 0 atom stereocenters. The lowest BCUT2D eigenvalue weighted by Crippen LogP contribution is -2.62. The summed E-state index contributed by atoms with van der Waals surface area (Å²) in [6.45, 7) is 2.99. The zero-order chi connectivity index (χ0) is 10.9. The SMILES string of the molecule is CCCC1(O)CN(c2ncccc2F)C1. The first-order chi connectivity index (χ1) is 7.14. The summed E-state index contributed by atoms with van der Waals surface area (Å²) in [5, 5.41) is 9.94. The Kier molecular flexibility index (Phi) is 2.61. The van der Waals surface area contributed by atoms with Crippen molar-refractivity contribution in [3.05, 3.63) is 24.1 Å². The van der Waals surface area contributed by atoms with Crippen LogP contribution < -0.4 is 4.90 Å². The van der Waals surface area contributed by atoms with Gasteiger partial charge in [-0.1, -0.05) is 13.3 Å². The van der Waals surface area contributed by atoms with Gasteiger partial charge >= 0.3 is 0 Å². The number of anilines is 1. The van der Waals surface area contributed by atoms with Crippen molar-refractivity contribution in [2.24, 2.45) is 0 Å². The molecule has 2 rings (SSSR count). The number of β-amino-alcohol motifs (C(OH)–C–C–N with tert-alkyl or cyclic N) is 1. The maximum absolute atomic E-state index is 13.3. The second-order valence-electron chi connectivity index (χ2n) is 4.14. The van der Waals surface area contributed by atoms with Crippen molar-refractivity contribution >= 4 is 5.82 Å². The van der Waals surface area contributed by atoms with Crippen LogP contribution in [-0.2, 0) is 0 Å². The molecule has 0 radical (unpaired) electrons. The third-order valence-corrected chi connectivity index (χ3v) is 2.72. The van der Waals surface area contributed by atoms with E-state index in [9.17, 15) is 9.50 Å². The molecule has 1 saturated heterocycles. The fourth-order valence-corrected chi connectivity index (χ4v) is 2.05. The Morgan fingerprint density at radius 1 is 1.60 bits per heavy atom. The number of hydrogen-bond donors (Lipinski definition) is 1. The van der Waals surface area contributed by atoms with Crippen molar-refractivity contribution in [1.29, 1.82) is 0 Å². The van der Waals surface area contributed by atoms with Crippen LogP contribution in [0, 0.1) is 5.82 Å². The molecule has 0 aromatic carbocycles. The highest BCUT2D eigenvalue weighted by atomic mass is 19.1. The highest BCUT2D eigenvalue weighted by Crippen LogP contribution is 2.30. The van der Waals surface area contributed by atoms with Crippen LogP contribution >= 0.6 is 0 Å². The van der Waals surface area contributed by atoms with Crippen molar-refractivity contribution in [2.75, 3.05) is 18.0 Å². The molecule has 0 spiro atoms. The number of halogens is 1. The molecule has 3 nitrogen and oxygen atoms in total. The predicted octanol–water partition coefficient (Wildman–Crippen LogP) is 1.57. The molecule has 2 heterocycles. The maximum atomic E-state index is 13.3. The van der Waals surface area contributed by atoms with Gasteiger partial charge < -0.3 is 10.0 Å². The Bertz CT molecular complexity index is 350. The molecule has 1 N–H and O–H groups in total. The van der Waals surface area contributed by atoms with Crippen LogP contribution in [0.3, 0.4) is 0 Å². The maximum Gasteiger partial charge on any atom is 0.165 e. The van der Waals surface area contributed by atoms with Crippen molar-refractivity contribution in [3.8, 4) is 0 Å². The molecule has 1 aliphatic heterocycles. The van der Waals surface area contributed by atoms with Gasteiger partial charge in [0.05, 0.1) is 18.7 Å². The highest BCUT2D eigenvalue weighted by Gasteiger charge is 2.41. The third-order valence-electron chi connectivity index (χ3n) is 2.72. The van der Waals surface area contributed by atoms with Crippen molar-refractivity contribution in [2.45, 2.75) is 25.4 Å². The van der Waals surface area contributed by atoms with E-state index in [0.717, 1.165) is 12.8 Å². The molecule has 1 fully saturated rings. The summed E-state index contributed by atoms with van der Waals surface area (Å²) in [4.78, 5) is 5.73. The lowest BCUT2D eigenvalue weighted by Gasteiger charge is -2.47. The average molecular weight is 210 g/mol. The molecule has 0 saturated carbocycles. The minimum absolute atomic E-state index is 0.323. The predicted molar refractivity (Wildman–Crippen MR) is 56.3 cm³/mol. The van der Waals surface area contributed by atoms with Crippen molar-refractivity contribution in [1.82, 2.24) is 4.98 Å². The Balaban J connectivity index is 2.03. The number of aromatic nitrogens is 1. The minimum atomic E-state index is -0.640. The second kappa shape index (κ2) is 3.77. The van der Waals surface area contributed by atoms with Crippen LogP contribution in [-0.4, -0.2) is 28.8 Å². The first-order valence-electron chi connectivity index (χ1n) is 5.22. The summed E-state index contributed by atoms with van der Waals surface area (Å²) in [6.07, 6.45) is 3.27. The van der Waals surface area contributed by atoms with Gasteiger partial charge in [-0.25, -0.2) is 9.37 Å². The van der Waals surface area contributed by atoms with E-state index in [0.29, 0.717) is 18.9 Å². The number of hydrogen-bond acceptors (Lipinski definition) is 3. The normalized spacial score (nSPS) is 18.7. The van der Waals surface area contributed by atoms with E-state index in [4.69, 9.17) is 0 Å². The quantitative estimate of drug-likeness (QED) is 0.822. The summed E-state index contributed by atoms with van der Waals surface area (Å²) >= 11 is 0. The van der Waals surface area contributed by atoms with Crippen molar-refractivity contribution in [3.63, 3.8) is 0 Å². The molecule has 82 valence electrons. The topological polar surface area (TPSA) is 36.4 Å². The highest BCUT2D eigenvalue weighted by molar-refractivity contribution is 5.44. The van der Waals surface area contributed by atoms with E-state index in [1.807, 2.05) is 6.92 Å². The Labute approximate surface area is 88.6 Å². The molecule has 1 aromatic rings. The van der Waals surface area contributed by atoms with Crippen LogP contribution in [0.4, 0.5) is 10.2 Å². The van der Waals surface area contributed by atoms with Gasteiger partial charge in [-0.15, -0.1) is 0 Å². The molecule has 1 aromatic heterocycles. The summed E-state index contributed by atoms with van der Waals surface area (Å²) in [5.41, 5.74) is -0.640. The van der Waals surface area contributed by atoms with E-state index in [1.165, 1.54) is 6.07 Å². The molecule has 15 heavy (non-hydrogen) atoms. The van der Waals surface area contributed by atoms with Gasteiger partial charge in [0.2, 0.25) is 0 Å². The van der Waals surface area contributed by atoms with E-state index in [-0.39, 0.29) is 5.82 Å². The Morgan fingerprint density at radius 2 is 2.33 bits per heavy atom. The summed E-state index contributed by atoms with van der Waals surface area (Å²) in [7, 11) is 0. The smallest absolute Gasteiger partial charge is 0.165 e. The van der Waals surface area contributed by atoms with Gasteiger partial charge in [0.15, 0.2) is 11.6 Å². The number of aliphatic hydroxyl groups is 1. The fraction of sp³-hybridized carbons (Fsp3) is 0.545. The Hall–Kier alpha value is -1.16. The molecular formula is C11H15FN2O. The monoisotopic (exact) mass is 210 g/mol. The van der Waals surface area contributed by atoms with Gasteiger partial charge in [0.25, 0.3) is 0 Å². The summed E-state index contributed by atoms with van der Waals surface area (Å²) in [6, 6.07) is 2.95. The first kappa shape index (κ1) is 10.4. The van der Waals surface area contributed by atoms with Crippen LogP contribution in [0.1, 0.15) is 19.8 Å². The summed E-state index contributed by atoms with van der Waals surface area (Å²) in [5.74, 6) is 0.0225. The van der Waals surface area contributed by atoms with Gasteiger partial charge in [-0.2, -0.15) is 0 Å². The van der Waals surface area contributed by atoms with Gasteiger partial charge in [-0.3, -0.25) is 0 Å². The molecule has 0 aliphatic carbocycles. The third kappa shape index (κ3) is 1.95. The standard InChI is InChI=1S/C11H15FN2O/c1-2-5-11(15)7-14(8-11)10-9(12)4-3-6-13-10/h3-4,6,15H,2,5,7-8H2,1H3. The van der Waals surface area contributed by atoms with Crippen LogP contribution in [0.15, 0.2) is 18.3 Å². The lowest BCUT2D eigenvalue weighted by molar-refractivity contribution is 0.00258. The van der Waals surface area contributed by atoms with E-state index < -0.39 is 5.60 Å². The summed E-state index contributed by atoms with van der Waals surface area (Å²) < 4.78 is 13.3. The molecule has 0 unspecified atom stereocenters. The van der Waals surface area contributed by atoms with Gasteiger partial charge in [0.1, 0.15) is 0 Å². The molecule has 1 aliphatic rings. The van der Waals surface area contributed by atoms with E-state index in [2.05, 4.69) is 4.98 Å². The average Bonchev–Trinajstić information content (AvgIpc) is 2.15. The van der Waals surface area contributed by atoms with Crippen molar-refractivity contribution < 1.29 is 9.50 Å². The fourth-order valence-electron chi connectivity index (χ4n) is 2.05. The molecule has 4 heteroatoms. The van der Waals surface area contributed by atoms with Crippen LogP contribution in [0.2, 0.25) is 0 Å². The molecule has 0 amide bonds. The number of nitrogens with zero attached hydrogens (tertiary/aromatic N) is 2. The number of rotatable bonds is 3. The number of pyridine rings is 1. The van der Waals surface area contributed by atoms with Gasteiger partial charge in [-0.05, 0) is 18.6 Å². The second-order valence-corrected chi connectivity index (χ2v) is 4.14. The van der Waals surface area contributed by atoms with Crippen LogP contribution in [0.25, 0.3) is 0 Å². The lowest BCUT2D eigenvalue weighted by atomic mass is 9.89. The zero-order valence-corrected chi connectivity index (χ0v) is 8.78. The van der Waals surface area contributed by atoms with Crippen LogP contribution in [0.5, 0.6) is 0 Å². The largest absolute Gasteiger partial charge is 0.386 e. The molecular weight excluding hydrogens is 195 g/mol. The molecule has 0 bridgehead atoms.